The minimum absolute atomic E-state index is 0.0253. The molecule has 0 saturated carbocycles. The lowest BCUT2D eigenvalue weighted by molar-refractivity contribution is -0.118. The Labute approximate surface area is 181 Å². The van der Waals surface area contributed by atoms with Crippen LogP contribution < -0.4 is 4.90 Å². The lowest BCUT2D eigenvalue weighted by atomic mass is 10.0. The molecule has 1 amide bonds. The molecule has 5 heteroatoms. The van der Waals surface area contributed by atoms with Gasteiger partial charge in [-0.2, -0.15) is 0 Å². The molecule has 0 radical (unpaired) electrons. The minimum Gasteiger partial charge on any atom is -0.282 e. The molecule has 0 N–H and O–H groups in total. The highest BCUT2D eigenvalue weighted by Gasteiger charge is 2.22. The van der Waals surface area contributed by atoms with Gasteiger partial charge in [-0.3, -0.25) is 14.7 Å². The predicted molar refractivity (Wildman–Crippen MR) is 124 cm³/mol. The number of nitrogens with zero attached hydrogens (tertiary/aromatic N) is 3. The van der Waals surface area contributed by atoms with Crippen LogP contribution in [0.2, 0.25) is 0 Å². The molecule has 0 bridgehead atoms. The molecule has 30 heavy (non-hydrogen) atoms. The van der Waals surface area contributed by atoms with Crippen LogP contribution in [0.3, 0.4) is 0 Å². The number of carbonyl (C=O) groups excluding carboxylic acids is 1. The molecule has 4 aromatic rings. The van der Waals surface area contributed by atoms with Crippen LogP contribution in [0.4, 0.5) is 5.13 Å². The first-order chi connectivity index (χ1) is 14.4. The van der Waals surface area contributed by atoms with Crippen LogP contribution >= 0.6 is 11.3 Å². The van der Waals surface area contributed by atoms with Gasteiger partial charge in [-0.15, -0.1) is 0 Å². The Bertz CT molecular complexity index is 1210. The smallest absolute Gasteiger partial charge is 0.233 e. The Balaban J connectivity index is 1.71. The molecular weight excluding hydrogens is 390 g/mol. The quantitative estimate of drug-likeness (QED) is 0.420. The van der Waals surface area contributed by atoms with Crippen LogP contribution in [0.1, 0.15) is 33.5 Å². The molecule has 152 valence electrons. The summed E-state index contributed by atoms with van der Waals surface area (Å²) in [6, 6.07) is 16.2. The molecule has 0 aliphatic rings. The number of hydrogen-bond acceptors (Lipinski definition) is 4. The Hall–Kier alpha value is -3.05. The highest BCUT2D eigenvalue weighted by Crippen LogP contribution is 2.33. The molecule has 0 aliphatic carbocycles. The van der Waals surface area contributed by atoms with Gasteiger partial charge in [-0.05, 0) is 73.7 Å². The van der Waals surface area contributed by atoms with Gasteiger partial charge in [-0.1, -0.05) is 41.7 Å². The second kappa shape index (κ2) is 8.36. The van der Waals surface area contributed by atoms with E-state index >= 15 is 0 Å². The number of thiazole rings is 1. The standard InChI is InChI=1S/C25H25N3OS/c1-16-8-10-20(13-18(16)3)14-23(29)28(15-21-7-5-6-12-26-21)25-27-24-19(4)17(2)9-11-22(24)30-25/h5-13H,14-15H2,1-4H3. The monoisotopic (exact) mass is 415 g/mol. The summed E-state index contributed by atoms with van der Waals surface area (Å²) in [5.41, 5.74) is 7.63. The number of fused-ring (bicyclic) bond motifs is 1. The van der Waals surface area contributed by atoms with Gasteiger partial charge in [0, 0.05) is 6.20 Å². The van der Waals surface area contributed by atoms with Crippen molar-refractivity contribution in [2.75, 3.05) is 4.90 Å². The maximum Gasteiger partial charge on any atom is 0.233 e. The van der Waals surface area contributed by atoms with Gasteiger partial charge >= 0.3 is 0 Å². The maximum atomic E-state index is 13.4. The number of carbonyl (C=O) groups is 1. The summed E-state index contributed by atoms with van der Waals surface area (Å²) in [6.45, 7) is 8.74. The average Bonchev–Trinajstić information content (AvgIpc) is 3.17. The Morgan fingerprint density at radius 2 is 1.77 bits per heavy atom. The molecular formula is C25H25N3OS. The van der Waals surface area contributed by atoms with E-state index in [1.54, 1.807) is 22.4 Å². The fraction of sp³-hybridized carbons (Fsp3) is 0.240. The fourth-order valence-corrected chi connectivity index (χ4v) is 4.47. The Morgan fingerprint density at radius 1 is 0.967 bits per heavy atom. The molecule has 0 unspecified atom stereocenters. The van der Waals surface area contributed by atoms with Crippen molar-refractivity contribution < 1.29 is 4.79 Å². The van der Waals surface area contributed by atoms with Gasteiger partial charge in [0.15, 0.2) is 5.13 Å². The van der Waals surface area contributed by atoms with Crippen molar-refractivity contribution >= 4 is 32.6 Å². The molecule has 2 aromatic heterocycles. The fourth-order valence-electron chi connectivity index (χ4n) is 3.43. The van der Waals surface area contributed by atoms with Crippen molar-refractivity contribution in [3.8, 4) is 0 Å². The third-order valence-electron chi connectivity index (χ3n) is 5.58. The van der Waals surface area contributed by atoms with Crippen molar-refractivity contribution in [2.45, 2.75) is 40.7 Å². The summed E-state index contributed by atoms with van der Waals surface area (Å²) in [5.74, 6) is 0.0253. The van der Waals surface area contributed by atoms with Gasteiger partial charge < -0.3 is 0 Å². The zero-order valence-electron chi connectivity index (χ0n) is 17.8. The van der Waals surface area contributed by atoms with Crippen LogP contribution in [0, 0.1) is 27.7 Å². The normalized spacial score (nSPS) is 11.1. The van der Waals surface area contributed by atoms with E-state index in [1.807, 2.05) is 24.3 Å². The van der Waals surface area contributed by atoms with Crippen LogP contribution in [-0.2, 0) is 17.8 Å². The maximum absolute atomic E-state index is 13.4. The number of aromatic nitrogens is 2. The largest absolute Gasteiger partial charge is 0.282 e. The van der Waals surface area contributed by atoms with E-state index in [4.69, 9.17) is 4.98 Å². The third kappa shape index (κ3) is 4.12. The van der Waals surface area contributed by atoms with Gasteiger partial charge in [-0.25, -0.2) is 4.98 Å². The van der Waals surface area contributed by atoms with E-state index in [2.05, 4.69) is 56.9 Å². The highest BCUT2D eigenvalue weighted by molar-refractivity contribution is 7.22. The molecule has 0 atom stereocenters. The van der Waals surface area contributed by atoms with Gasteiger partial charge in [0.25, 0.3) is 0 Å². The summed E-state index contributed by atoms with van der Waals surface area (Å²) in [5, 5.41) is 0.721. The predicted octanol–water partition coefficient (Wildman–Crippen LogP) is 5.70. The Kier molecular flexibility index (Phi) is 5.64. The van der Waals surface area contributed by atoms with Crippen molar-refractivity contribution in [2.24, 2.45) is 0 Å². The van der Waals surface area contributed by atoms with E-state index < -0.39 is 0 Å². The van der Waals surface area contributed by atoms with E-state index in [0.29, 0.717) is 13.0 Å². The van der Waals surface area contributed by atoms with Crippen LogP contribution in [-0.4, -0.2) is 15.9 Å². The first-order valence-corrected chi connectivity index (χ1v) is 10.9. The van der Waals surface area contributed by atoms with Crippen molar-refractivity contribution in [1.82, 2.24) is 9.97 Å². The molecule has 4 nitrogen and oxygen atoms in total. The molecule has 0 saturated heterocycles. The van der Waals surface area contributed by atoms with Crippen LogP contribution in [0.25, 0.3) is 10.2 Å². The van der Waals surface area contributed by atoms with Gasteiger partial charge in [0.1, 0.15) is 0 Å². The van der Waals surface area contributed by atoms with Crippen LogP contribution in [0.15, 0.2) is 54.7 Å². The summed E-state index contributed by atoms with van der Waals surface area (Å²) in [7, 11) is 0. The zero-order valence-corrected chi connectivity index (χ0v) is 18.6. The lowest BCUT2D eigenvalue weighted by Gasteiger charge is -2.20. The molecule has 0 spiro atoms. The van der Waals surface area contributed by atoms with E-state index in [0.717, 1.165) is 32.2 Å². The Morgan fingerprint density at radius 3 is 2.50 bits per heavy atom. The number of aryl methyl sites for hydroxylation is 4. The number of pyridine rings is 1. The summed E-state index contributed by atoms with van der Waals surface area (Å²) >= 11 is 1.56. The third-order valence-corrected chi connectivity index (χ3v) is 6.62. The second-order valence-electron chi connectivity index (χ2n) is 7.75. The number of amides is 1. The summed E-state index contributed by atoms with van der Waals surface area (Å²) in [4.78, 5) is 24.5. The first-order valence-electron chi connectivity index (χ1n) is 10.1. The van der Waals surface area contributed by atoms with Crippen LogP contribution in [0.5, 0.6) is 0 Å². The van der Waals surface area contributed by atoms with E-state index in [9.17, 15) is 4.79 Å². The molecule has 2 aromatic carbocycles. The number of hydrogen-bond donors (Lipinski definition) is 0. The summed E-state index contributed by atoms with van der Waals surface area (Å²) in [6.07, 6.45) is 2.09. The van der Waals surface area contributed by atoms with E-state index in [-0.39, 0.29) is 5.91 Å². The number of rotatable bonds is 5. The zero-order chi connectivity index (χ0) is 21.3. The van der Waals surface area contributed by atoms with E-state index in [1.165, 1.54) is 16.7 Å². The lowest BCUT2D eigenvalue weighted by Crippen LogP contribution is -2.32. The SMILES string of the molecule is Cc1ccc(CC(=O)N(Cc2ccccn2)c2nc3c(C)c(C)ccc3s2)cc1C. The topological polar surface area (TPSA) is 46.1 Å². The van der Waals surface area contributed by atoms with Crippen molar-refractivity contribution in [3.63, 3.8) is 0 Å². The van der Waals surface area contributed by atoms with Gasteiger partial charge in [0.2, 0.25) is 5.91 Å². The minimum atomic E-state index is 0.0253. The highest BCUT2D eigenvalue weighted by atomic mass is 32.1. The van der Waals surface area contributed by atoms with Crippen molar-refractivity contribution in [3.05, 3.63) is 88.2 Å². The number of anilines is 1. The molecule has 4 rings (SSSR count). The second-order valence-corrected chi connectivity index (χ2v) is 8.76. The molecule has 0 aliphatic heterocycles. The first kappa shape index (κ1) is 20.2. The molecule has 0 fully saturated rings. The van der Waals surface area contributed by atoms with Gasteiger partial charge in [0.05, 0.1) is 28.9 Å². The molecule has 2 heterocycles. The number of benzene rings is 2. The average molecular weight is 416 g/mol. The summed E-state index contributed by atoms with van der Waals surface area (Å²) < 4.78 is 1.10. The van der Waals surface area contributed by atoms with Crippen molar-refractivity contribution in [1.29, 1.82) is 0 Å².